The third-order valence-corrected chi connectivity index (χ3v) is 2.82. The summed E-state index contributed by atoms with van der Waals surface area (Å²) in [5.74, 6) is 1.87. The number of rotatable bonds is 4. The summed E-state index contributed by atoms with van der Waals surface area (Å²) in [7, 11) is 0. The van der Waals surface area contributed by atoms with Crippen molar-refractivity contribution in [1.29, 1.82) is 5.26 Å². The smallest absolute Gasteiger partial charge is 0.101 e. The minimum atomic E-state index is 0.683. The van der Waals surface area contributed by atoms with Crippen LogP contribution in [0.4, 0.5) is 0 Å². The lowest BCUT2D eigenvalue weighted by molar-refractivity contribution is 1.24. The van der Waals surface area contributed by atoms with Gasteiger partial charge >= 0.3 is 0 Å². The average Bonchev–Trinajstić information content (AvgIpc) is 2.24. The molecule has 0 bridgehead atoms. The largest absolute Gasteiger partial charge is 0.263 e. The number of hydrogen-bond donors (Lipinski definition) is 0. The first kappa shape index (κ1) is 11.8. The molecule has 0 saturated heterocycles. The highest BCUT2D eigenvalue weighted by Gasteiger charge is 2.00. The van der Waals surface area contributed by atoms with Gasteiger partial charge in [-0.05, 0) is 25.5 Å². The summed E-state index contributed by atoms with van der Waals surface area (Å²) < 4.78 is 0. The predicted octanol–water partition coefficient (Wildman–Crippen LogP) is 3.15. The van der Waals surface area contributed by atoms with E-state index in [1.54, 1.807) is 12.4 Å². The van der Waals surface area contributed by atoms with Crippen LogP contribution in [0.25, 0.3) is 0 Å². The van der Waals surface area contributed by atoms with E-state index in [2.05, 4.69) is 31.0 Å². The van der Waals surface area contributed by atoms with Crippen molar-refractivity contribution in [3.8, 4) is 6.07 Å². The maximum absolute atomic E-state index is 8.85. The summed E-state index contributed by atoms with van der Waals surface area (Å²) in [4.78, 5) is 3.93. The second kappa shape index (κ2) is 6.26. The Morgan fingerprint density at radius 2 is 2.40 bits per heavy atom. The highest BCUT2D eigenvalue weighted by Crippen LogP contribution is 2.15. The van der Waals surface area contributed by atoms with Crippen LogP contribution < -0.4 is 0 Å². The molecule has 0 amide bonds. The van der Waals surface area contributed by atoms with Crippen molar-refractivity contribution in [2.45, 2.75) is 19.6 Å². The zero-order valence-corrected chi connectivity index (χ0v) is 9.84. The number of allylic oxidation sites excluding steroid dienone is 1. The Morgan fingerprint density at radius 1 is 1.60 bits per heavy atom. The summed E-state index contributed by atoms with van der Waals surface area (Å²) in [5.41, 5.74) is 3.08. The molecule has 0 fully saturated rings. The first-order chi connectivity index (χ1) is 7.24. The highest BCUT2D eigenvalue weighted by molar-refractivity contribution is 7.98. The van der Waals surface area contributed by atoms with Gasteiger partial charge in [-0.25, -0.2) is 0 Å². The van der Waals surface area contributed by atoms with E-state index in [0.29, 0.717) is 5.56 Å². The Labute approximate surface area is 95.0 Å². The molecule has 78 valence electrons. The topological polar surface area (TPSA) is 36.7 Å². The molecule has 1 aromatic heterocycles. The third kappa shape index (κ3) is 4.18. The molecule has 1 heterocycles. The molecule has 15 heavy (non-hydrogen) atoms. The van der Waals surface area contributed by atoms with Gasteiger partial charge in [-0.1, -0.05) is 11.6 Å². The van der Waals surface area contributed by atoms with Crippen molar-refractivity contribution in [2.75, 3.05) is 5.75 Å². The monoisotopic (exact) mass is 218 g/mol. The van der Waals surface area contributed by atoms with E-state index in [0.717, 1.165) is 17.1 Å². The normalized spacial score (nSPS) is 9.40. The molecule has 1 rings (SSSR count). The molecule has 1 aromatic rings. The van der Waals surface area contributed by atoms with Crippen molar-refractivity contribution >= 4 is 11.8 Å². The van der Waals surface area contributed by atoms with Gasteiger partial charge in [-0.15, -0.1) is 0 Å². The number of nitriles is 1. The lowest BCUT2D eigenvalue weighted by atomic mass is 10.2. The maximum Gasteiger partial charge on any atom is 0.101 e. The minimum Gasteiger partial charge on any atom is -0.263 e. The number of nitrogens with zero attached hydrogens (tertiary/aromatic N) is 2. The molecule has 0 radical (unpaired) electrons. The van der Waals surface area contributed by atoms with Crippen molar-refractivity contribution in [1.82, 2.24) is 4.98 Å². The fraction of sp³-hybridized carbons (Fsp3) is 0.333. The van der Waals surface area contributed by atoms with Gasteiger partial charge in [0, 0.05) is 23.9 Å². The third-order valence-electron chi connectivity index (χ3n) is 1.90. The molecular formula is C12H14N2S. The molecular weight excluding hydrogens is 204 g/mol. The van der Waals surface area contributed by atoms with Crippen molar-refractivity contribution < 1.29 is 0 Å². The Balaban J connectivity index is 2.51. The fourth-order valence-electron chi connectivity index (χ4n) is 1.04. The van der Waals surface area contributed by atoms with E-state index >= 15 is 0 Å². The molecule has 0 atom stereocenters. The molecule has 0 aliphatic carbocycles. The van der Waals surface area contributed by atoms with E-state index in [-0.39, 0.29) is 0 Å². The molecule has 0 aliphatic rings. The summed E-state index contributed by atoms with van der Waals surface area (Å²) >= 11 is 1.81. The zero-order chi connectivity index (χ0) is 11.1. The lowest BCUT2D eigenvalue weighted by Crippen LogP contribution is -1.89. The molecule has 0 aliphatic heterocycles. The van der Waals surface area contributed by atoms with Crippen LogP contribution in [0.3, 0.4) is 0 Å². The maximum atomic E-state index is 8.85. The van der Waals surface area contributed by atoms with E-state index in [4.69, 9.17) is 5.26 Å². The van der Waals surface area contributed by atoms with Crippen LogP contribution in [0.1, 0.15) is 25.0 Å². The van der Waals surface area contributed by atoms with Crippen LogP contribution in [-0.4, -0.2) is 10.7 Å². The Hall–Kier alpha value is -1.27. The molecule has 0 N–H and O–H groups in total. The van der Waals surface area contributed by atoms with Gasteiger partial charge in [0.05, 0.1) is 5.56 Å². The molecule has 0 saturated carbocycles. The predicted molar refractivity (Wildman–Crippen MR) is 64.5 cm³/mol. The van der Waals surface area contributed by atoms with Gasteiger partial charge in [-0.3, -0.25) is 4.98 Å². The number of hydrogen-bond acceptors (Lipinski definition) is 3. The first-order valence-electron chi connectivity index (χ1n) is 4.78. The quantitative estimate of drug-likeness (QED) is 0.575. The molecule has 0 unspecified atom stereocenters. The Kier molecular flexibility index (Phi) is 4.92. The first-order valence-corrected chi connectivity index (χ1v) is 5.93. The van der Waals surface area contributed by atoms with Crippen molar-refractivity contribution in [3.63, 3.8) is 0 Å². The highest BCUT2D eigenvalue weighted by atomic mass is 32.2. The average molecular weight is 218 g/mol. The molecule has 0 spiro atoms. The number of thioether (sulfide) groups is 1. The second-order valence-electron chi connectivity index (χ2n) is 3.44. The van der Waals surface area contributed by atoms with Crippen molar-refractivity contribution in [2.24, 2.45) is 0 Å². The number of aromatic nitrogens is 1. The van der Waals surface area contributed by atoms with Gasteiger partial charge in [-0.2, -0.15) is 17.0 Å². The van der Waals surface area contributed by atoms with Crippen LogP contribution in [0.15, 0.2) is 30.1 Å². The van der Waals surface area contributed by atoms with Crippen LogP contribution in [0.5, 0.6) is 0 Å². The van der Waals surface area contributed by atoms with Crippen LogP contribution in [-0.2, 0) is 5.75 Å². The summed E-state index contributed by atoms with van der Waals surface area (Å²) in [5, 5.41) is 8.85. The molecule has 2 nitrogen and oxygen atoms in total. The fourth-order valence-corrected chi connectivity index (χ4v) is 2.08. The molecule has 3 heteroatoms. The zero-order valence-electron chi connectivity index (χ0n) is 9.03. The second-order valence-corrected chi connectivity index (χ2v) is 4.47. The summed E-state index contributed by atoms with van der Waals surface area (Å²) in [6.45, 7) is 4.18. The van der Waals surface area contributed by atoms with E-state index in [1.165, 1.54) is 5.57 Å². The van der Waals surface area contributed by atoms with E-state index in [1.807, 2.05) is 17.8 Å². The van der Waals surface area contributed by atoms with Gasteiger partial charge in [0.15, 0.2) is 0 Å². The standard InChI is InChI=1S/C12H14N2S/c1-10(2)4-6-15-9-11-3-5-14-8-12(11)7-13/h3-5,8H,6,9H2,1-2H3. The van der Waals surface area contributed by atoms with Gasteiger partial charge in [0.1, 0.15) is 6.07 Å². The summed E-state index contributed by atoms with van der Waals surface area (Å²) in [6, 6.07) is 4.06. The Bertz CT molecular complexity index is 387. The van der Waals surface area contributed by atoms with Crippen LogP contribution in [0.2, 0.25) is 0 Å². The van der Waals surface area contributed by atoms with Gasteiger partial charge < -0.3 is 0 Å². The molecule has 0 aromatic carbocycles. The van der Waals surface area contributed by atoms with Gasteiger partial charge in [0.2, 0.25) is 0 Å². The summed E-state index contributed by atoms with van der Waals surface area (Å²) in [6.07, 6.45) is 5.55. The van der Waals surface area contributed by atoms with Crippen LogP contribution >= 0.6 is 11.8 Å². The van der Waals surface area contributed by atoms with Crippen molar-refractivity contribution in [3.05, 3.63) is 41.2 Å². The lowest BCUT2D eigenvalue weighted by Gasteiger charge is -2.01. The van der Waals surface area contributed by atoms with Gasteiger partial charge in [0.25, 0.3) is 0 Å². The minimum absolute atomic E-state index is 0.683. The van der Waals surface area contributed by atoms with E-state index in [9.17, 15) is 0 Å². The van der Waals surface area contributed by atoms with E-state index < -0.39 is 0 Å². The Morgan fingerprint density at radius 3 is 3.07 bits per heavy atom. The van der Waals surface area contributed by atoms with Crippen LogP contribution in [0, 0.1) is 11.3 Å². The number of pyridine rings is 1. The SMILES string of the molecule is CC(C)=CCSCc1ccncc1C#N.